The predicted octanol–water partition coefficient (Wildman–Crippen LogP) is 1.84. The Hall–Kier alpha value is -1.60. The Balaban J connectivity index is 1.94. The summed E-state index contributed by atoms with van der Waals surface area (Å²) in [4.78, 5) is 7.25. The van der Waals surface area contributed by atoms with Gasteiger partial charge in [-0.2, -0.15) is 5.10 Å². The van der Waals surface area contributed by atoms with Gasteiger partial charge in [-0.25, -0.2) is 4.99 Å². The highest BCUT2D eigenvalue weighted by Gasteiger charge is 2.25. The molecule has 1 aromatic rings. The van der Waals surface area contributed by atoms with Crippen LogP contribution in [0.1, 0.15) is 58.4 Å². The number of guanidine groups is 1. The molecule has 0 aromatic carbocycles. The number of hydrogen-bond donors (Lipinski definition) is 3. The van der Waals surface area contributed by atoms with E-state index in [2.05, 4.69) is 39.5 Å². The van der Waals surface area contributed by atoms with Crippen molar-refractivity contribution < 1.29 is 5.11 Å². The van der Waals surface area contributed by atoms with Crippen molar-refractivity contribution in [1.82, 2.24) is 25.3 Å². The van der Waals surface area contributed by atoms with E-state index in [0.717, 1.165) is 24.6 Å². The molecule has 0 radical (unpaired) electrons. The molecule has 0 spiro atoms. The zero-order chi connectivity index (χ0) is 19.7. The van der Waals surface area contributed by atoms with E-state index in [4.69, 9.17) is 0 Å². The standard InChI is InChI=1S/C20H38N6O/c1-5-7-11-26-12-9-8-10-18(26)14-22-19(21-6-2)23-16-20(3,27)17-13-24-25(4)15-17/h13,15,18,27H,5-12,14,16H2,1-4H3,(H2,21,22,23). The van der Waals surface area contributed by atoms with E-state index < -0.39 is 5.60 Å². The van der Waals surface area contributed by atoms with Gasteiger partial charge >= 0.3 is 0 Å². The number of piperidine rings is 1. The van der Waals surface area contributed by atoms with Gasteiger partial charge in [-0.3, -0.25) is 9.58 Å². The van der Waals surface area contributed by atoms with E-state index in [1.165, 1.54) is 45.2 Å². The van der Waals surface area contributed by atoms with Gasteiger partial charge < -0.3 is 15.7 Å². The fourth-order valence-electron chi connectivity index (χ4n) is 3.53. The van der Waals surface area contributed by atoms with Crippen LogP contribution in [0.25, 0.3) is 0 Å². The average molecular weight is 379 g/mol. The van der Waals surface area contributed by atoms with Crippen molar-refractivity contribution in [3.8, 4) is 0 Å². The van der Waals surface area contributed by atoms with Gasteiger partial charge in [-0.15, -0.1) is 0 Å². The zero-order valence-electron chi connectivity index (χ0n) is 17.5. The second-order valence-corrected chi connectivity index (χ2v) is 7.79. The minimum absolute atomic E-state index is 0.290. The van der Waals surface area contributed by atoms with Gasteiger partial charge in [0.2, 0.25) is 0 Å². The summed E-state index contributed by atoms with van der Waals surface area (Å²) in [6.07, 6.45) is 9.89. The van der Waals surface area contributed by atoms with E-state index in [-0.39, 0.29) is 6.54 Å². The molecular formula is C20H38N6O. The third-order valence-corrected chi connectivity index (χ3v) is 5.27. The quantitative estimate of drug-likeness (QED) is 0.451. The minimum atomic E-state index is -1.03. The Morgan fingerprint density at radius 1 is 1.37 bits per heavy atom. The molecule has 2 atom stereocenters. The van der Waals surface area contributed by atoms with Gasteiger partial charge in [0.1, 0.15) is 5.60 Å². The largest absolute Gasteiger partial charge is 0.383 e. The maximum atomic E-state index is 10.7. The van der Waals surface area contributed by atoms with Crippen LogP contribution in [0.15, 0.2) is 17.4 Å². The molecule has 1 fully saturated rings. The summed E-state index contributed by atoms with van der Waals surface area (Å²) < 4.78 is 1.70. The highest BCUT2D eigenvalue weighted by Crippen LogP contribution is 2.20. The molecule has 0 bridgehead atoms. The molecule has 1 aliphatic rings. The Labute approximate surface area is 164 Å². The SMILES string of the molecule is CCCCN1CCCCC1CNC(=NCC(C)(O)c1cnn(C)c1)NCC. The lowest BCUT2D eigenvalue weighted by Crippen LogP contribution is -2.49. The number of aliphatic hydroxyl groups is 1. The highest BCUT2D eigenvalue weighted by atomic mass is 16.3. The lowest BCUT2D eigenvalue weighted by atomic mass is 10.0. The summed E-state index contributed by atoms with van der Waals surface area (Å²) in [6.45, 7) is 10.5. The summed E-state index contributed by atoms with van der Waals surface area (Å²) in [5, 5.41) is 21.7. The molecular weight excluding hydrogens is 340 g/mol. The fourth-order valence-corrected chi connectivity index (χ4v) is 3.53. The van der Waals surface area contributed by atoms with Gasteiger partial charge in [-0.1, -0.05) is 19.8 Å². The number of aliphatic imine (C=N–C) groups is 1. The molecule has 1 aliphatic heterocycles. The third-order valence-electron chi connectivity index (χ3n) is 5.27. The van der Waals surface area contributed by atoms with Crippen molar-refractivity contribution in [1.29, 1.82) is 0 Å². The molecule has 154 valence electrons. The van der Waals surface area contributed by atoms with Crippen molar-refractivity contribution in [3.63, 3.8) is 0 Å². The first-order chi connectivity index (χ1) is 13.0. The molecule has 27 heavy (non-hydrogen) atoms. The number of hydrogen-bond acceptors (Lipinski definition) is 4. The molecule has 0 aliphatic carbocycles. The van der Waals surface area contributed by atoms with Gasteiger partial charge in [0.15, 0.2) is 5.96 Å². The maximum Gasteiger partial charge on any atom is 0.191 e. The number of aromatic nitrogens is 2. The van der Waals surface area contributed by atoms with Crippen molar-refractivity contribution in [2.24, 2.45) is 12.0 Å². The van der Waals surface area contributed by atoms with Crippen molar-refractivity contribution in [2.45, 2.75) is 64.5 Å². The Morgan fingerprint density at radius 3 is 2.85 bits per heavy atom. The highest BCUT2D eigenvalue weighted by molar-refractivity contribution is 5.79. The second-order valence-electron chi connectivity index (χ2n) is 7.79. The molecule has 2 heterocycles. The molecule has 3 N–H and O–H groups in total. The number of likely N-dealkylation sites (tertiary alicyclic amines) is 1. The maximum absolute atomic E-state index is 10.7. The van der Waals surface area contributed by atoms with E-state index in [9.17, 15) is 5.11 Å². The lowest BCUT2D eigenvalue weighted by Gasteiger charge is -2.36. The Bertz CT molecular complexity index is 583. The molecule has 2 rings (SSSR count). The number of nitrogens with zero attached hydrogens (tertiary/aromatic N) is 4. The lowest BCUT2D eigenvalue weighted by molar-refractivity contribution is 0.0671. The van der Waals surface area contributed by atoms with Crippen LogP contribution in [0.4, 0.5) is 0 Å². The summed E-state index contributed by atoms with van der Waals surface area (Å²) in [7, 11) is 1.85. The van der Waals surface area contributed by atoms with Gasteiger partial charge in [-0.05, 0) is 46.2 Å². The second kappa shape index (κ2) is 10.7. The monoisotopic (exact) mass is 378 g/mol. The first kappa shape index (κ1) is 21.7. The molecule has 2 unspecified atom stereocenters. The molecule has 0 amide bonds. The number of aryl methyl sites for hydroxylation is 1. The van der Waals surface area contributed by atoms with Crippen LogP contribution in [0.2, 0.25) is 0 Å². The van der Waals surface area contributed by atoms with Crippen LogP contribution in [0.3, 0.4) is 0 Å². The fraction of sp³-hybridized carbons (Fsp3) is 0.800. The van der Waals surface area contributed by atoms with Crippen molar-refractivity contribution in [3.05, 3.63) is 18.0 Å². The number of nitrogens with one attached hydrogen (secondary N) is 2. The first-order valence-corrected chi connectivity index (χ1v) is 10.4. The van der Waals surface area contributed by atoms with Gasteiger partial charge in [0.05, 0.1) is 12.7 Å². The molecule has 1 saturated heterocycles. The summed E-state index contributed by atoms with van der Waals surface area (Å²) in [5.74, 6) is 0.766. The first-order valence-electron chi connectivity index (χ1n) is 10.4. The van der Waals surface area contributed by atoms with Crippen LogP contribution >= 0.6 is 0 Å². The van der Waals surface area contributed by atoms with Crippen molar-refractivity contribution in [2.75, 3.05) is 32.7 Å². The summed E-state index contributed by atoms with van der Waals surface area (Å²) in [6, 6.07) is 0.563. The molecule has 0 saturated carbocycles. The molecule has 7 nitrogen and oxygen atoms in total. The Kier molecular flexibility index (Phi) is 8.57. The molecule has 1 aromatic heterocycles. The summed E-state index contributed by atoms with van der Waals surface area (Å²) in [5.41, 5.74) is -0.253. The van der Waals surface area contributed by atoms with Crippen LogP contribution in [0.5, 0.6) is 0 Å². The topological polar surface area (TPSA) is 77.7 Å². The zero-order valence-corrected chi connectivity index (χ0v) is 17.5. The normalized spacial score (nSPS) is 21.1. The van der Waals surface area contributed by atoms with Gasteiger partial charge in [0, 0.05) is 37.9 Å². The van der Waals surface area contributed by atoms with Crippen LogP contribution < -0.4 is 10.6 Å². The smallest absolute Gasteiger partial charge is 0.191 e. The van der Waals surface area contributed by atoms with E-state index in [1.54, 1.807) is 17.8 Å². The van der Waals surface area contributed by atoms with E-state index in [1.807, 2.05) is 13.2 Å². The summed E-state index contributed by atoms with van der Waals surface area (Å²) >= 11 is 0. The number of rotatable bonds is 9. The third kappa shape index (κ3) is 6.81. The number of unbranched alkanes of at least 4 members (excludes halogenated alkanes) is 1. The molecule has 7 heteroatoms. The van der Waals surface area contributed by atoms with Crippen LogP contribution in [0, 0.1) is 0 Å². The minimum Gasteiger partial charge on any atom is -0.383 e. The Morgan fingerprint density at radius 2 is 2.19 bits per heavy atom. The van der Waals surface area contributed by atoms with Gasteiger partial charge in [0.25, 0.3) is 0 Å². The van der Waals surface area contributed by atoms with E-state index in [0.29, 0.717) is 6.04 Å². The van der Waals surface area contributed by atoms with Crippen LogP contribution in [-0.4, -0.2) is 64.5 Å². The van der Waals surface area contributed by atoms with E-state index >= 15 is 0 Å². The van der Waals surface area contributed by atoms with Crippen LogP contribution in [-0.2, 0) is 12.6 Å². The van der Waals surface area contributed by atoms with Crippen molar-refractivity contribution >= 4 is 5.96 Å². The average Bonchev–Trinajstić information content (AvgIpc) is 3.10. The predicted molar refractivity (Wildman–Crippen MR) is 111 cm³/mol.